The van der Waals surface area contributed by atoms with Gasteiger partial charge in [0.25, 0.3) is 5.91 Å². The fourth-order valence-electron chi connectivity index (χ4n) is 2.94. The Morgan fingerprint density at radius 1 is 1.45 bits per heavy atom. The Hall–Kier alpha value is -0.910. The van der Waals surface area contributed by atoms with E-state index in [1.807, 2.05) is 6.07 Å². The summed E-state index contributed by atoms with van der Waals surface area (Å²) in [5.74, 6) is 0.698. The second-order valence-corrected chi connectivity index (χ2v) is 7.19. The molecule has 4 nitrogen and oxygen atoms in total. The van der Waals surface area contributed by atoms with Crippen molar-refractivity contribution < 1.29 is 9.53 Å². The van der Waals surface area contributed by atoms with Gasteiger partial charge in [-0.05, 0) is 56.8 Å². The van der Waals surface area contributed by atoms with Crippen molar-refractivity contribution in [2.45, 2.75) is 33.1 Å². The zero-order chi connectivity index (χ0) is 15.9. The number of hydrogen-bond acceptors (Lipinski definition) is 4. The van der Waals surface area contributed by atoms with Crippen molar-refractivity contribution in [2.75, 3.05) is 39.9 Å². The van der Waals surface area contributed by atoms with Crippen LogP contribution in [0.15, 0.2) is 6.07 Å². The maximum Gasteiger partial charge on any atom is 0.261 e. The number of nitrogens with one attached hydrogen (secondary N) is 1. The summed E-state index contributed by atoms with van der Waals surface area (Å²) in [6.07, 6.45) is 3.32. The lowest BCUT2D eigenvalue weighted by molar-refractivity contribution is 0.0929. The van der Waals surface area contributed by atoms with Crippen LogP contribution in [0.5, 0.6) is 0 Å². The minimum Gasteiger partial charge on any atom is -0.383 e. The molecule has 2 rings (SSSR count). The first kappa shape index (κ1) is 17.4. The zero-order valence-electron chi connectivity index (χ0n) is 14.0. The molecule has 1 aromatic rings. The predicted octanol–water partition coefficient (Wildman–Crippen LogP) is 2.71. The predicted molar refractivity (Wildman–Crippen MR) is 91.8 cm³/mol. The van der Waals surface area contributed by atoms with Crippen molar-refractivity contribution in [1.29, 1.82) is 0 Å². The molecule has 1 amide bonds. The number of hydrogen-bond donors (Lipinski definition) is 1. The Kier molecular flexibility index (Phi) is 6.86. The number of amides is 1. The van der Waals surface area contributed by atoms with Gasteiger partial charge < -0.3 is 15.0 Å². The molecule has 1 N–H and O–H groups in total. The average molecular weight is 324 g/mol. The van der Waals surface area contributed by atoms with Gasteiger partial charge in [0.15, 0.2) is 0 Å². The summed E-state index contributed by atoms with van der Waals surface area (Å²) < 4.78 is 5.12. The Morgan fingerprint density at radius 2 is 2.18 bits per heavy atom. The van der Waals surface area contributed by atoms with Crippen LogP contribution in [-0.2, 0) is 11.2 Å². The third-order valence-electron chi connectivity index (χ3n) is 4.44. The minimum atomic E-state index is 0.0922. The average Bonchev–Trinajstić information content (AvgIpc) is 2.92. The van der Waals surface area contributed by atoms with Crippen LogP contribution in [0.1, 0.15) is 39.9 Å². The molecule has 1 aromatic heterocycles. The summed E-state index contributed by atoms with van der Waals surface area (Å²) in [6, 6.07) is 2.02. The molecule has 0 atom stereocenters. The highest BCUT2D eigenvalue weighted by atomic mass is 32.1. The number of aryl methyl sites for hydroxylation is 2. The molecule has 0 radical (unpaired) electrons. The first-order chi connectivity index (χ1) is 10.6. The highest BCUT2D eigenvalue weighted by Crippen LogP contribution is 2.22. The molecule has 22 heavy (non-hydrogen) atoms. The van der Waals surface area contributed by atoms with Crippen LogP contribution in [0.2, 0.25) is 0 Å². The van der Waals surface area contributed by atoms with Gasteiger partial charge in [0, 0.05) is 25.1 Å². The summed E-state index contributed by atoms with van der Waals surface area (Å²) >= 11 is 1.63. The van der Waals surface area contributed by atoms with Crippen LogP contribution in [-0.4, -0.2) is 50.7 Å². The van der Waals surface area contributed by atoms with Crippen LogP contribution in [0, 0.1) is 12.8 Å². The molecule has 0 unspecified atom stereocenters. The van der Waals surface area contributed by atoms with Gasteiger partial charge in [-0.3, -0.25) is 4.79 Å². The van der Waals surface area contributed by atoms with Crippen molar-refractivity contribution in [2.24, 2.45) is 5.92 Å². The van der Waals surface area contributed by atoms with Crippen LogP contribution >= 0.6 is 11.3 Å². The largest absolute Gasteiger partial charge is 0.383 e. The van der Waals surface area contributed by atoms with Crippen LogP contribution < -0.4 is 5.32 Å². The number of piperidine rings is 1. The number of nitrogens with zero attached hydrogens (tertiary/aromatic N) is 1. The molecule has 5 heteroatoms. The summed E-state index contributed by atoms with van der Waals surface area (Å²) in [7, 11) is 1.75. The Labute approximate surface area is 137 Å². The van der Waals surface area contributed by atoms with Crippen molar-refractivity contribution in [3.05, 3.63) is 21.4 Å². The molecule has 0 spiro atoms. The molecule has 1 fully saturated rings. The molecular weight excluding hydrogens is 296 g/mol. The van der Waals surface area contributed by atoms with Crippen molar-refractivity contribution >= 4 is 17.2 Å². The maximum absolute atomic E-state index is 12.2. The number of ether oxygens (including phenoxy) is 1. The molecule has 1 saturated heterocycles. The highest BCUT2D eigenvalue weighted by molar-refractivity contribution is 7.14. The summed E-state index contributed by atoms with van der Waals surface area (Å²) in [6.45, 7) is 9.07. The van der Waals surface area contributed by atoms with Gasteiger partial charge in [-0.25, -0.2) is 0 Å². The lowest BCUT2D eigenvalue weighted by Crippen LogP contribution is -2.39. The SMILES string of the molecule is CCc1sc(C(=O)NCC2CCN(CCOC)CC2)cc1C. The van der Waals surface area contributed by atoms with E-state index < -0.39 is 0 Å². The van der Waals surface area contributed by atoms with Crippen LogP contribution in [0.3, 0.4) is 0 Å². The normalized spacial score (nSPS) is 16.9. The summed E-state index contributed by atoms with van der Waals surface area (Å²) in [5, 5.41) is 3.12. The first-order valence-electron chi connectivity index (χ1n) is 8.22. The standard InChI is InChI=1S/C17H28N2O2S/c1-4-15-13(2)11-16(22-15)17(20)18-12-14-5-7-19(8-6-14)9-10-21-3/h11,14H,4-10,12H2,1-3H3,(H,18,20). The molecule has 0 bridgehead atoms. The fourth-order valence-corrected chi connectivity index (χ4v) is 3.97. The maximum atomic E-state index is 12.2. The van der Waals surface area contributed by atoms with E-state index in [0.29, 0.717) is 5.92 Å². The third-order valence-corrected chi connectivity index (χ3v) is 5.82. The molecular formula is C17H28N2O2S. The van der Waals surface area contributed by atoms with Gasteiger partial charge in [0.05, 0.1) is 11.5 Å². The second-order valence-electron chi connectivity index (χ2n) is 6.06. The number of methoxy groups -OCH3 is 1. The summed E-state index contributed by atoms with van der Waals surface area (Å²) in [4.78, 5) is 16.9. The first-order valence-corrected chi connectivity index (χ1v) is 9.04. The van der Waals surface area contributed by atoms with E-state index in [1.54, 1.807) is 18.4 Å². The monoisotopic (exact) mass is 324 g/mol. The molecule has 0 saturated carbocycles. The van der Waals surface area contributed by atoms with Gasteiger partial charge in [0.1, 0.15) is 0 Å². The van der Waals surface area contributed by atoms with Crippen LogP contribution in [0.25, 0.3) is 0 Å². The van der Waals surface area contributed by atoms with Crippen molar-refractivity contribution in [3.8, 4) is 0 Å². The van der Waals surface area contributed by atoms with Crippen molar-refractivity contribution in [3.63, 3.8) is 0 Å². The molecule has 2 heterocycles. The van der Waals surface area contributed by atoms with E-state index in [9.17, 15) is 4.79 Å². The van der Waals surface area contributed by atoms with Crippen molar-refractivity contribution in [1.82, 2.24) is 10.2 Å². The van der Waals surface area contributed by atoms with E-state index in [-0.39, 0.29) is 5.91 Å². The molecule has 1 aliphatic heterocycles. The van der Waals surface area contributed by atoms with E-state index >= 15 is 0 Å². The summed E-state index contributed by atoms with van der Waals surface area (Å²) in [5.41, 5.74) is 1.24. The van der Waals surface area contributed by atoms with Gasteiger partial charge >= 0.3 is 0 Å². The highest BCUT2D eigenvalue weighted by Gasteiger charge is 2.20. The second kappa shape index (κ2) is 8.65. The smallest absolute Gasteiger partial charge is 0.261 e. The Bertz CT molecular complexity index is 479. The van der Waals surface area contributed by atoms with Gasteiger partial charge in [-0.15, -0.1) is 11.3 Å². The minimum absolute atomic E-state index is 0.0922. The number of carbonyl (C=O) groups is 1. The third kappa shape index (κ3) is 4.80. The van der Waals surface area contributed by atoms with E-state index in [1.165, 1.54) is 10.4 Å². The molecule has 1 aliphatic rings. The van der Waals surface area contributed by atoms with E-state index in [0.717, 1.165) is 56.9 Å². The molecule has 124 valence electrons. The quantitative estimate of drug-likeness (QED) is 0.838. The molecule has 0 aliphatic carbocycles. The lowest BCUT2D eigenvalue weighted by atomic mass is 9.97. The van der Waals surface area contributed by atoms with Gasteiger partial charge in [-0.2, -0.15) is 0 Å². The van der Waals surface area contributed by atoms with Gasteiger partial charge in [0.2, 0.25) is 0 Å². The van der Waals surface area contributed by atoms with E-state index in [4.69, 9.17) is 4.74 Å². The number of likely N-dealkylation sites (tertiary alicyclic amines) is 1. The number of rotatable bonds is 7. The van der Waals surface area contributed by atoms with Gasteiger partial charge in [-0.1, -0.05) is 6.92 Å². The Balaban J connectivity index is 1.73. The van der Waals surface area contributed by atoms with Crippen LogP contribution in [0.4, 0.5) is 0 Å². The number of thiophene rings is 1. The van der Waals surface area contributed by atoms with E-state index in [2.05, 4.69) is 24.1 Å². The fraction of sp³-hybridized carbons (Fsp3) is 0.706. The lowest BCUT2D eigenvalue weighted by Gasteiger charge is -2.31. The Morgan fingerprint density at radius 3 is 2.77 bits per heavy atom. The topological polar surface area (TPSA) is 41.6 Å². The zero-order valence-corrected chi connectivity index (χ0v) is 14.8. The molecule has 0 aromatic carbocycles. The number of carbonyl (C=O) groups excluding carboxylic acids is 1.